The minimum Gasteiger partial charge on any atom is -0.299 e. The minimum absolute atomic E-state index is 1.05. The van der Waals surface area contributed by atoms with Gasteiger partial charge < -0.3 is 0 Å². The van der Waals surface area contributed by atoms with Gasteiger partial charge in [0.25, 0.3) is 0 Å². The zero-order valence-electron chi connectivity index (χ0n) is 11.9. The van der Waals surface area contributed by atoms with Gasteiger partial charge in [0.2, 0.25) is 0 Å². The third kappa shape index (κ3) is 1.36. The summed E-state index contributed by atoms with van der Waals surface area (Å²) in [4.78, 5) is 4.58. The number of imidazole rings is 1. The molecule has 0 N–H and O–H groups in total. The van der Waals surface area contributed by atoms with E-state index in [-0.39, 0.29) is 0 Å². The molecule has 0 spiro atoms. The molecule has 0 aliphatic carbocycles. The molecule has 0 amide bonds. The molecular formula is C18H16N2. The van der Waals surface area contributed by atoms with Gasteiger partial charge in [-0.05, 0) is 43.4 Å². The van der Waals surface area contributed by atoms with Crippen LogP contribution in [0.5, 0.6) is 0 Å². The van der Waals surface area contributed by atoms with Gasteiger partial charge in [-0.1, -0.05) is 29.8 Å². The van der Waals surface area contributed by atoms with Gasteiger partial charge in [0.05, 0.1) is 5.52 Å². The Hall–Kier alpha value is -2.35. The van der Waals surface area contributed by atoms with Crippen LogP contribution < -0.4 is 0 Å². The standard InChI is InChI=1S/C18H16N2/c1-11-9-13(3)17-15(10-11)14-6-4-5-12(2)16(14)18-19-7-8-20(17)18/h4-10H,1-3H3. The Kier molecular flexibility index (Phi) is 2.19. The van der Waals surface area contributed by atoms with Gasteiger partial charge in [0.15, 0.2) is 0 Å². The van der Waals surface area contributed by atoms with Crippen LogP contribution in [-0.4, -0.2) is 9.38 Å². The molecule has 2 heterocycles. The second kappa shape index (κ2) is 3.83. The van der Waals surface area contributed by atoms with Crippen molar-refractivity contribution >= 4 is 27.3 Å². The van der Waals surface area contributed by atoms with Crippen LogP contribution in [0.3, 0.4) is 0 Å². The van der Waals surface area contributed by atoms with E-state index in [0.29, 0.717) is 0 Å². The number of fused-ring (bicyclic) bond motifs is 6. The average molecular weight is 260 g/mol. The summed E-state index contributed by atoms with van der Waals surface area (Å²) in [5.41, 5.74) is 6.20. The Morgan fingerprint density at radius 1 is 0.950 bits per heavy atom. The monoisotopic (exact) mass is 260 g/mol. The Labute approximate surface area is 117 Å². The van der Waals surface area contributed by atoms with Crippen molar-refractivity contribution in [2.24, 2.45) is 0 Å². The Morgan fingerprint density at radius 2 is 1.80 bits per heavy atom. The maximum absolute atomic E-state index is 4.58. The molecule has 0 atom stereocenters. The number of benzene rings is 2. The van der Waals surface area contributed by atoms with Crippen LogP contribution in [0.25, 0.3) is 27.3 Å². The molecule has 4 rings (SSSR count). The maximum Gasteiger partial charge on any atom is 0.145 e. The molecule has 2 heteroatoms. The van der Waals surface area contributed by atoms with Crippen LogP contribution >= 0.6 is 0 Å². The fourth-order valence-corrected chi connectivity index (χ4v) is 3.34. The number of aryl methyl sites for hydroxylation is 3. The van der Waals surface area contributed by atoms with Gasteiger partial charge in [-0.15, -0.1) is 0 Å². The predicted molar refractivity (Wildman–Crippen MR) is 84.4 cm³/mol. The summed E-state index contributed by atoms with van der Waals surface area (Å²) in [5.74, 6) is 0. The van der Waals surface area contributed by atoms with E-state index in [1.165, 1.54) is 38.4 Å². The molecule has 0 aliphatic heterocycles. The summed E-state index contributed by atoms with van der Waals surface area (Å²) in [7, 11) is 0. The second-order valence-electron chi connectivity index (χ2n) is 5.60. The zero-order chi connectivity index (χ0) is 13.9. The molecule has 0 aliphatic rings. The van der Waals surface area contributed by atoms with Gasteiger partial charge in [-0.25, -0.2) is 4.98 Å². The van der Waals surface area contributed by atoms with Crippen LogP contribution in [0.2, 0.25) is 0 Å². The van der Waals surface area contributed by atoms with Crippen molar-refractivity contribution in [2.75, 3.05) is 0 Å². The molecule has 0 bridgehead atoms. The Bertz CT molecular complexity index is 977. The Balaban J connectivity index is 2.47. The van der Waals surface area contributed by atoms with E-state index in [1.807, 2.05) is 6.20 Å². The van der Waals surface area contributed by atoms with E-state index in [2.05, 4.69) is 66.7 Å². The van der Waals surface area contributed by atoms with Crippen LogP contribution in [-0.2, 0) is 0 Å². The zero-order valence-corrected chi connectivity index (χ0v) is 11.9. The maximum atomic E-state index is 4.58. The lowest BCUT2D eigenvalue weighted by molar-refractivity contribution is 1.24. The topological polar surface area (TPSA) is 17.3 Å². The lowest BCUT2D eigenvalue weighted by Crippen LogP contribution is -1.95. The van der Waals surface area contributed by atoms with Crippen molar-refractivity contribution in [3.63, 3.8) is 0 Å². The van der Waals surface area contributed by atoms with Crippen LogP contribution in [0.1, 0.15) is 16.7 Å². The van der Waals surface area contributed by atoms with Crippen molar-refractivity contribution in [3.8, 4) is 0 Å². The van der Waals surface area contributed by atoms with E-state index in [1.54, 1.807) is 0 Å². The number of aromatic nitrogens is 2. The highest BCUT2D eigenvalue weighted by Gasteiger charge is 2.12. The van der Waals surface area contributed by atoms with Crippen LogP contribution in [0.4, 0.5) is 0 Å². The number of hydrogen-bond acceptors (Lipinski definition) is 1. The lowest BCUT2D eigenvalue weighted by Gasteiger charge is -2.13. The summed E-state index contributed by atoms with van der Waals surface area (Å²) >= 11 is 0. The number of nitrogens with zero attached hydrogens (tertiary/aromatic N) is 2. The number of hydrogen-bond donors (Lipinski definition) is 0. The highest BCUT2D eigenvalue weighted by Crippen LogP contribution is 2.32. The fraction of sp³-hybridized carbons (Fsp3) is 0.167. The molecule has 20 heavy (non-hydrogen) atoms. The van der Waals surface area contributed by atoms with Crippen molar-refractivity contribution in [3.05, 3.63) is 59.4 Å². The van der Waals surface area contributed by atoms with E-state index in [0.717, 1.165) is 5.65 Å². The van der Waals surface area contributed by atoms with E-state index < -0.39 is 0 Å². The first-order valence-corrected chi connectivity index (χ1v) is 6.92. The Morgan fingerprint density at radius 3 is 2.65 bits per heavy atom. The third-order valence-corrected chi connectivity index (χ3v) is 4.11. The SMILES string of the molecule is Cc1cc(C)c2c(c1)c1cccc(C)c1c1nccn12. The summed E-state index contributed by atoms with van der Waals surface area (Å²) in [6.07, 6.45) is 3.95. The summed E-state index contributed by atoms with van der Waals surface area (Å²) < 4.78 is 2.22. The van der Waals surface area contributed by atoms with Crippen molar-refractivity contribution in [1.29, 1.82) is 0 Å². The number of rotatable bonds is 0. The van der Waals surface area contributed by atoms with Crippen molar-refractivity contribution < 1.29 is 0 Å². The van der Waals surface area contributed by atoms with Crippen molar-refractivity contribution in [2.45, 2.75) is 20.8 Å². The molecule has 4 aromatic rings. The molecule has 0 saturated carbocycles. The van der Waals surface area contributed by atoms with Crippen LogP contribution in [0, 0.1) is 20.8 Å². The van der Waals surface area contributed by atoms with Gasteiger partial charge in [0.1, 0.15) is 5.65 Å². The molecule has 2 nitrogen and oxygen atoms in total. The molecule has 0 unspecified atom stereocenters. The minimum atomic E-state index is 1.05. The molecule has 0 fully saturated rings. The largest absolute Gasteiger partial charge is 0.299 e. The van der Waals surface area contributed by atoms with Gasteiger partial charge in [0, 0.05) is 23.2 Å². The molecular weight excluding hydrogens is 244 g/mol. The summed E-state index contributed by atoms with van der Waals surface area (Å²) in [6.45, 7) is 6.49. The predicted octanol–water partition coefficient (Wildman–Crippen LogP) is 4.57. The van der Waals surface area contributed by atoms with Gasteiger partial charge >= 0.3 is 0 Å². The molecule has 2 aromatic heterocycles. The van der Waals surface area contributed by atoms with Crippen molar-refractivity contribution in [1.82, 2.24) is 9.38 Å². The van der Waals surface area contributed by atoms with Gasteiger partial charge in [-0.2, -0.15) is 0 Å². The highest BCUT2D eigenvalue weighted by atomic mass is 15.0. The summed E-state index contributed by atoms with van der Waals surface area (Å²) in [6, 6.07) is 11.0. The molecule has 0 radical (unpaired) electrons. The van der Waals surface area contributed by atoms with E-state index in [4.69, 9.17) is 0 Å². The van der Waals surface area contributed by atoms with Gasteiger partial charge in [-0.3, -0.25) is 4.40 Å². The molecule has 98 valence electrons. The molecule has 2 aromatic carbocycles. The average Bonchev–Trinajstić information content (AvgIpc) is 2.87. The van der Waals surface area contributed by atoms with E-state index in [9.17, 15) is 0 Å². The first-order chi connectivity index (χ1) is 9.66. The quantitative estimate of drug-likeness (QED) is 0.423. The first-order valence-electron chi connectivity index (χ1n) is 6.92. The third-order valence-electron chi connectivity index (χ3n) is 4.11. The second-order valence-corrected chi connectivity index (χ2v) is 5.60. The first kappa shape index (κ1) is 11.5. The highest BCUT2D eigenvalue weighted by molar-refractivity contribution is 6.13. The fourth-order valence-electron chi connectivity index (χ4n) is 3.34. The lowest BCUT2D eigenvalue weighted by atomic mass is 9.99. The summed E-state index contributed by atoms with van der Waals surface area (Å²) in [5, 5.41) is 3.87. The normalized spacial score (nSPS) is 11.8. The smallest absolute Gasteiger partial charge is 0.145 e. The van der Waals surface area contributed by atoms with E-state index >= 15 is 0 Å². The molecule has 0 saturated heterocycles. The number of pyridine rings is 1. The van der Waals surface area contributed by atoms with Crippen LogP contribution in [0.15, 0.2) is 42.7 Å².